The zero-order chi connectivity index (χ0) is 28.8. The number of hydrogen-bond donors (Lipinski definition) is 1. The van der Waals surface area contributed by atoms with Crippen molar-refractivity contribution in [1.82, 2.24) is 24.7 Å². The second kappa shape index (κ2) is 12.1. The van der Waals surface area contributed by atoms with E-state index < -0.39 is 11.9 Å². The van der Waals surface area contributed by atoms with E-state index in [1.807, 2.05) is 18.2 Å². The lowest BCUT2D eigenvalue weighted by Gasteiger charge is -2.10. The van der Waals surface area contributed by atoms with Gasteiger partial charge in [-0.25, -0.2) is 9.67 Å². The number of aromatic nitrogens is 5. The third-order valence-corrected chi connectivity index (χ3v) is 6.01. The smallest absolute Gasteiger partial charge is 0.310 e. The number of esters is 1. The molecule has 4 heterocycles. The van der Waals surface area contributed by atoms with Crippen molar-refractivity contribution in [1.29, 1.82) is 0 Å². The summed E-state index contributed by atoms with van der Waals surface area (Å²) in [5.74, 6) is 1.38. The molecule has 0 unspecified atom stereocenters. The highest BCUT2D eigenvalue weighted by atomic mass is 16.5. The quantitative estimate of drug-likeness (QED) is 0.247. The maximum Gasteiger partial charge on any atom is 0.310 e. The molecule has 5 aromatic rings. The summed E-state index contributed by atoms with van der Waals surface area (Å²) in [6.07, 6.45) is 7.85. The van der Waals surface area contributed by atoms with Gasteiger partial charge in [-0.3, -0.25) is 19.6 Å². The summed E-state index contributed by atoms with van der Waals surface area (Å²) in [5, 5.41) is 7.97. The number of nitrogens with zero attached hydrogens (tertiary/aromatic N) is 5. The molecule has 1 N–H and O–H groups in total. The minimum atomic E-state index is -0.527. The highest BCUT2D eigenvalue weighted by Crippen LogP contribution is 2.31. The van der Waals surface area contributed by atoms with E-state index in [9.17, 15) is 9.59 Å². The number of benzene rings is 1. The van der Waals surface area contributed by atoms with E-state index >= 15 is 0 Å². The van der Waals surface area contributed by atoms with Crippen LogP contribution in [0.15, 0.2) is 73.4 Å². The summed E-state index contributed by atoms with van der Waals surface area (Å²) >= 11 is 0. The van der Waals surface area contributed by atoms with Gasteiger partial charge >= 0.3 is 5.97 Å². The predicted octanol–water partition coefficient (Wildman–Crippen LogP) is 4.38. The van der Waals surface area contributed by atoms with Crippen molar-refractivity contribution in [3.8, 4) is 28.7 Å². The highest BCUT2D eigenvalue weighted by Gasteiger charge is 2.21. The summed E-state index contributed by atoms with van der Waals surface area (Å²) in [6.45, 7) is 2.11. The summed E-state index contributed by atoms with van der Waals surface area (Å²) in [5.41, 5.74) is 1.91. The summed E-state index contributed by atoms with van der Waals surface area (Å²) < 4.78 is 23.2. The van der Waals surface area contributed by atoms with Crippen molar-refractivity contribution >= 4 is 28.6 Å². The minimum Gasteiger partial charge on any atom is -0.497 e. The minimum absolute atomic E-state index is 0.0154. The van der Waals surface area contributed by atoms with Gasteiger partial charge in [0, 0.05) is 23.8 Å². The largest absolute Gasteiger partial charge is 0.497 e. The second-order valence-corrected chi connectivity index (χ2v) is 8.60. The topological polar surface area (TPSA) is 140 Å². The van der Waals surface area contributed by atoms with E-state index in [4.69, 9.17) is 18.9 Å². The van der Waals surface area contributed by atoms with E-state index in [1.165, 1.54) is 18.0 Å². The van der Waals surface area contributed by atoms with Crippen LogP contribution in [0, 0.1) is 0 Å². The van der Waals surface area contributed by atoms with E-state index in [0.717, 1.165) is 10.9 Å². The molecule has 1 amide bonds. The zero-order valence-electron chi connectivity index (χ0n) is 22.5. The van der Waals surface area contributed by atoms with Crippen molar-refractivity contribution in [2.45, 2.75) is 13.3 Å². The van der Waals surface area contributed by atoms with Crippen molar-refractivity contribution < 1.29 is 28.5 Å². The summed E-state index contributed by atoms with van der Waals surface area (Å²) in [6, 6.07) is 12.3. The Morgan fingerprint density at radius 2 is 1.80 bits per heavy atom. The van der Waals surface area contributed by atoms with Crippen molar-refractivity contribution in [2.24, 2.45) is 0 Å². The second-order valence-electron chi connectivity index (χ2n) is 8.60. The average Bonchev–Trinajstić information content (AvgIpc) is 3.42. The predicted molar refractivity (Wildman–Crippen MR) is 149 cm³/mol. The first kappa shape index (κ1) is 27.1. The number of amides is 1. The van der Waals surface area contributed by atoms with Crippen LogP contribution < -0.4 is 19.5 Å². The lowest BCUT2D eigenvalue weighted by Crippen LogP contribution is -2.15. The molecule has 0 saturated heterocycles. The highest BCUT2D eigenvalue weighted by molar-refractivity contribution is 6.04. The average molecular weight is 555 g/mol. The summed E-state index contributed by atoms with van der Waals surface area (Å²) in [4.78, 5) is 37.9. The molecule has 5 rings (SSSR count). The Labute approximate surface area is 234 Å². The number of carbonyl (C=O) groups is 2. The van der Waals surface area contributed by atoms with Crippen molar-refractivity contribution in [3.05, 3.63) is 84.7 Å². The van der Waals surface area contributed by atoms with E-state index in [0.29, 0.717) is 35.1 Å². The molecule has 12 nitrogen and oxygen atoms in total. The summed E-state index contributed by atoms with van der Waals surface area (Å²) in [7, 11) is 2.92. The number of carbonyl (C=O) groups excluding carboxylic acids is 2. The fourth-order valence-corrected chi connectivity index (χ4v) is 4.03. The standard InChI is InChI=1S/C29H26N6O6/c1-4-40-25-17-35(23-16-30-11-9-18(23)13-27(36)39-3)34-28(25)29(37)33-26-8-6-20(15-32-26)41-24-10-12-31-22-14-19(38-2)5-7-21(22)24/h5-12,14-17H,4,13H2,1-3H3,(H,32,33,37). The number of anilines is 1. The molecule has 0 saturated carbocycles. The van der Waals surface area contributed by atoms with Gasteiger partial charge in [0.25, 0.3) is 5.91 Å². The Balaban J connectivity index is 1.34. The molecule has 41 heavy (non-hydrogen) atoms. The first-order chi connectivity index (χ1) is 20.0. The Kier molecular flexibility index (Phi) is 8.00. The molecule has 1 aromatic carbocycles. The molecule has 4 aromatic heterocycles. The van der Waals surface area contributed by atoms with Gasteiger partial charge in [-0.1, -0.05) is 0 Å². The molecular formula is C29H26N6O6. The van der Waals surface area contributed by atoms with Crippen molar-refractivity contribution in [2.75, 3.05) is 26.1 Å². The van der Waals surface area contributed by atoms with Gasteiger partial charge in [-0.05, 0) is 48.9 Å². The van der Waals surface area contributed by atoms with E-state index in [1.54, 1.807) is 63.1 Å². The van der Waals surface area contributed by atoms with Crippen LogP contribution in [-0.2, 0) is 16.0 Å². The first-order valence-electron chi connectivity index (χ1n) is 12.6. The number of hydrogen-bond acceptors (Lipinski definition) is 10. The maximum atomic E-state index is 13.2. The Morgan fingerprint density at radius 3 is 2.56 bits per heavy atom. The van der Waals surface area contributed by atoms with Crippen LogP contribution in [0.1, 0.15) is 23.0 Å². The third kappa shape index (κ3) is 6.06. The lowest BCUT2D eigenvalue weighted by molar-refractivity contribution is -0.139. The Hall–Kier alpha value is -5.52. The van der Waals surface area contributed by atoms with Gasteiger partial charge in [0.1, 0.15) is 23.1 Å². The van der Waals surface area contributed by atoms with Gasteiger partial charge in [-0.15, -0.1) is 0 Å². The monoisotopic (exact) mass is 554 g/mol. The van der Waals surface area contributed by atoms with E-state index in [2.05, 4.69) is 25.4 Å². The molecule has 0 aliphatic rings. The van der Waals surface area contributed by atoms with Gasteiger partial charge in [0.2, 0.25) is 0 Å². The van der Waals surface area contributed by atoms with E-state index in [-0.39, 0.29) is 23.7 Å². The van der Waals surface area contributed by atoms with Crippen LogP contribution in [-0.4, -0.2) is 57.4 Å². The number of fused-ring (bicyclic) bond motifs is 1. The molecule has 0 spiro atoms. The molecule has 0 radical (unpaired) electrons. The van der Waals surface area contributed by atoms with Crippen LogP contribution >= 0.6 is 0 Å². The number of nitrogens with one attached hydrogen (secondary N) is 1. The molecule has 0 fully saturated rings. The molecule has 0 aliphatic carbocycles. The normalized spacial score (nSPS) is 10.7. The lowest BCUT2D eigenvalue weighted by atomic mass is 10.1. The van der Waals surface area contributed by atoms with Crippen LogP contribution in [0.2, 0.25) is 0 Å². The fourth-order valence-electron chi connectivity index (χ4n) is 4.03. The first-order valence-corrected chi connectivity index (χ1v) is 12.6. The van der Waals surface area contributed by atoms with Gasteiger partial charge in [0.05, 0.1) is 57.0 Å². The Bertz CT molecular complexity index is 1700. The number of methoxy groups -OCH3 is 2. The van der Waals surface area contributed by atoms with Gasteiger partial charge in [-0.2, -0.15) is 5.10 Å². The number of rotatable bonds is 10. The van der Waals surface area contributed by atoms with Gasteiger partial charge < -0.3 is 24.3 Å². The molecule has 0 bridgehead atoms. The fraction of sp³-hybridized carbons (Fsp3) is 0.172. The number of ether oxygens (including phenoxy) is 4. The molecule has 0 atom stereocenters. The number of pyridine rings is 3. The Morgan fingerprint density at radius 1 is 0.951 bits per heavy atom. The zero-order valence-corrected chi connectivity index (χ0v) is 22.5. The van der Waals surface area contributed by atoms with Crippen LogP contribution in [0.4, 0.5) is 5.82 Å². The van der Waals surface area contributed by atoms with Crippen LogP contribution in [0.5, 0.6) is 23.0 Å². The van der Waals surface area contributed by atoms with Crippen LogP contribution in [0.25, 0.3) is 16.6 Å². The third-order valence-electron chi connectivity index (χ3n) is 6.01. The van der Waals surface area contributed by atoms with Crippen LogP contribution in [0.3, 0.4) is 0 Å². The molecule has 12 heteroatoms. The van der Waals surface area contributed by atoms with Crippen molar-refractivity contribution in [3.63, 3.8) is 0 Å². The SMILES string of the molecule is CCOc1cn(-c2cnccc2CC(=O)OC)nc1C(=O)Nc1ccc(Oc2ccnc3cc(OC)ccc23)cn1. The molecular weight excluding hydrogens is 528 g/mol. The molecule has 208 valence electrons. The molecule has 0 aliphatic heterocycles. The maximum absolute atomic E-state index is 13.2. The van der Waals surface area contributed by atoms with Gasteiger partial charge in [0.15, 0.2) is 11.4 Å².